The third-order valence-electron chi connectivity index (χ3n) is 4.08. The van der Waals surface area contributed by atoms with Gasteiger partial charge >= 0.3 is 0 Å². The Balaban J connectivity index is 1.95. The van der Waals surface area contributed by atoms with Crippen molar-refractivity contribution in [2.45, 2.75) is 33.2 Å². The zero-order valence-corrected chi connectivity index (χ0v) is 17.6. The molecule has 154 valence electrons. The molecule has 0 aliphatic carbocycles. The van der Waals surface area contributed by atoms with Crippen LogP contribution in [0.1, 0.15) is 37.8 Å². The lowest BCUT2D eigenvalue weighted by atomic mass is 10.1. The Morgan fingerprint density at radius 2 is 1.93 bits per heavy atom. The predicted molar refractivity (Wildman–Crippen MR) is 119 cm³/mol. The highest BCUT2D eigenvalue weighted by Crippen LogP contribution is 2.22. The number of thiocarbonyl (C=S) groups is 1. The van der Waals surface area contributed by atoms with Gasteiger partial charge in [-0.1, -0.05) is 19.1 Å². The molecule has 4 N–H and O–H groups in total. The molecule has 0 unspecified atom stereocenters. The number of carbonyl (C=O) groups is 1. The van der Waals surface area contributed by atoms with Crippen molar-refractivity contribution in [1.82, 2.24) is 10.7 Å². The number of rotatable bonds is 8. The molecule has 0 aromatic heterocycles. The number of hydrogen-bond donors (Lipinski definition) is 4. The number of nitrogens with one attached hydrogen (secondary N) is 3. The molecule has 29 heavy (non-hydrogen) atoms. The smallest absolute Gasteiger partial charge is 0.224 e. The molecule has 8 heteroatoms. The number of phenolic OH excluding ortho intramolecular Hbond substituents is 1. The van der Waals surface area contributed by atoms with Crippen LogP contribution in [0.5, 0.6) is 11.5 Å². The van der Waals surface area contributed by atoms with Gasteiger partial charge in [0.2, 0.25) is 5.91 Å². The zero-order chi connectivity index (χ0) is 21.2. The number of amides is 1. The van der Waals surface area contributed by atoms with E-state index in [0.717, 1.165) is 17.7 Å². The van der Waals surface area contributed by atoms with Crippen LogP contribution in [-0.4, -0.2) is 28.9 Å². The summed E-state index contributed by atoms with van der Waals surface area (Å²) in [5.74, 6) is 0.794. The van der Waals surface area contributed by atoms with Crippen molar-refractivity contribution < 1.29 is 14.6 Å². The first kappa shape index (κ1) is 22.2. The molecule has 0 fully saturated rings. The highest BCUT2D eigenvalue weighted by molar-refractivity contribution is 7.80. The molecule has 7 nitrogen and oxygen atoms in total. The summed E-state index contributed by atoms with van der Waals surface area (Å²) in [5, 5.41) is 20.6. The molecule has 0 radical (unpaired) electrons. The molecule has 0 saturated carbocycles. The normalized spacial score (nSPS) is 10.9. The maximum absolute atomic E-state index is 11.8. The molecule has 2 rings (SSSR count). The van der Waals surface area contributed by atoms with E-state index in [4.69, 9.17) is 17.0 Å². The molecule has 0 saturated heterocycles. The highest BCUT2D eigenvalue weighted by Gasteiger charge is 2.09. The summed E-state index contributed by atoms with van der Waals surface area (Å²) in [6, 6.07) is 12.5. The van der Waals surface area contributed by atoms with E-state index in [1.807, 2.05) is 31.2 Å². The monoisotopic (exact) mass is 414 g/mol. The van der Waals surface area contributed by atoms with Crippen molar-refractivity contribution in [2.75, 3.05) is 12.4 Å². The van der Waals surface area contributed by atoms with Gasteiger partial charge in [-0.2, -0.15) is 5.10 Å². The Morgan fingerprint density at radius 3 is 2.59 bits per heavy atom. The van der Waals surface area contributed by atoms with Gasteiger partial charge in [-0.3, -0.25) is 10.2 Å². The zero-order valence-electron chi connectivity index (χ0n) is 16.8. The van der Waals surface area contributed by atoms with Gasteiger partial charge in [0.1, 0.15) is 11.5 Å². The van der Waals surface area contributed by atoms with Crippen molar-refractivity contribution in [3.8, 4) is 11.5 Å². The van der Waals surface area contributed by atoms with Crippen molar-refractivity contribution in [3.63, 3.8) is 0 Å². The number of carbonyl (C=O) groups excluding carboxylic acids is 1. The van der Waals surface area contributed by atoms with E-state index in [2.05, 4.69) is 21.2 Å². The van der Waals surface area contributed by atoms with E-state index in [-0.39, 0.29) is 11.7 Å². The first-order valence-electron chi connectivity index (χ1n) is 9.27. The second kappa shape index (κ2) is 11.0. The molecule has 2 aromatic carbocycles. The quantitative estimate of drug-likeness (QED) is 0.228. The van der Waals surface area contributed by atoms with Crippen LogP contribution in [-0.2, 0) is 11.3 Å². The first-order valence-corrected chi connectivity index (χ1v) is 9.68. The van der Waals surface area contributed by atoms with Crippen molar-refractivity contribution in [3.05, 3.63) is 53.6 Å². The summed E-state index contributed by atoms with van der Waals surface area (Å²) in [6.07, 6.45) is 1.21. The molecule has 0 bridgehead atoms. The van der Waals surface area contributed by atoms with E-state index < -0.39 is 0 Å². The van der Waals surface area contributed by atoms with Gasteiger partial charge < -0.3 is 20.5 Å². The average molecular weight is 415 g/mol. The molecular weight excluding hydrogens is 388 g/mol. The molecule has 0 heterocycles. The summed E-state index contributed by atoms with van der Waals surface area (Å²) in [4.78, 5) is 11.8. The lowest BCUT2D eigenvalue weighted by molar-refractivity contribution is -0.116. The largest absolute Gasteiger partial charge is 0.507 e. The SMILES string of the molecule is CCCC(=O)Nc1ccc(O)c(/C(C)=N/NC(=S)NCc2ccc(OC)cc2)c1. The molecule has 2 aromatic rings. The Kier molecular flexibility index (Phi) is 8.42. The van der Waals surface area contributed by atoms with Crippen LogP contribution >= 0.6 is 12.2 Å². The number of hydrogen-bond acceptors (Lipinski definition) is 5. The number of methoxy groups -OCH3 is 1. The number of benzene rings is 2. The summed E-state index contributed by atoms with van der Waals surface area (Å²) in [6.45, 7) is 4.22. The highest BCUT2D eigenvalue weighted by atomic mass is 32.1. The van der Waals surface area contributed by atoms with Crippen LogP contribution in [0.4, 0.5) is 5.69 Å². The van der Waals surface area contributed by atoms with E-state index in [1.54, 1.807) is 26.2 Å². The maximum Gasteiger partial charge on any atom is 0.224 e. The van der Waals surface area contributed by atoms with Gasteiger partial charge in [0, 0.05) is 24.2 Å². The number of aromatic hydroxyl groups is 1. The molecule has 0 atom stereocenters. The van der Waals surface area contributed by atoms with Crippen LogP contribution in [0.25, 0.3) is 0 Å². The Bertz CT molecular complexity index is 882. The van der Waals surface area contributed by atoms with E-state index in [9.17, 15) is 9.90 Å². The average Bonchev–Trinajstić information content (AvgIpc) is 2.72. The second-order valence-electron chi connectivity index (χ2n) is 6.37. The lowest BCUT2D eigenvalue weighted by Crippen LogP contribution is -2.32. The standard InChI is InChI=1S/C21H26N4O3S/c1-4-5-20(27)23-16-8-11-19(26)18(12-16)14(2)24-25-21(29)22-13-15-6-9-17(28-3)10-7-15/h6-12,26H,4-5,13H2,1-3H3,(H,23,27)(H2,22,25,29)/b24-14+. The van der Waals surface area contributed by atoms with Crippen LogP contribution < -0.4 is 20.8 Å². The van der Waals surface area contributed by atoms with Gasteiger partial charge in [0.15, 0.2) is 5.11 Å². The summed E-state index contributed by atoms with van der Waals surface area (Å²) in [7, 11) is 1.62. The number of nitrogens with zero attached hydrogens (tertiary/aromatic N) is 1. The Morgan fingerprint density at radius 1 is 1.21 bits per heavy atom. The topological polar surface area (TPSA) is 95.0 Å². The molecule has 0 spiro atoms. The number of phenols is 1. The van der Waals surface area contributed by atoms with Crippen LogP contribution in [0.15, 0.2) is 47.6 Å². The minimum absolute atomic E-state index is 0.0682. The van der Waals surface area contributed by atoms with Crippen LogP contribution in [0, 0.1) is 0 Å². The third-order valence-corrected chi connectivity index (χ3v) is 4.32. The molecular formula is C21H26N4O3S. The van der Waals surface area contributed by atoms with Crippen molar-refractivity contribution in [2.24, 2.45) is 5.10 Å². The number of ether oxygens (including phenoxy) is 1. The molecule has 0 aliphatic rings. The third kappa shape index (κ3) is 7.08. The maximum atomic E-state index is 11.8. The van der Waals surface area contributed by atoms with Gasteiger partial charge in [-0.15, -0.1) is 0 Å². The van der Waals surface area contributed by atoms with E-state index >= 15 is 0 Å². The first-order chi connectivity index (χ1) is 13.9. The molecule has 1 amide bonds. The summed E-state index contributed by atoms with van der Waals surface area (Å²) in [5.41, 5.74) is 5.45. The van der Waals surface area contributed by atoms with Crippen LogP contribution in [0.2, 0.25) is 0 Å². The fourth-order valence-corrected chi connectivity index (χ4v) is 2.63. The van der Waals surface area contributed by atoms with Gasteiger partial charge in [0.05, 0.1) is 12.8 Å². The fraction of sp³-hybridized carbons (Fsp3) is 0.286. The fourth-order valence-electron chi connectivity index (χ4n) is 2.51. The minimum atomic E-state index is -0.0687. The predicted octanol–water partition coefficient (Wildman–Crippen LogP) is 3.53. The van der Waals surface area contributed by atoms with Crippen molar-refractivity contribution in [1.29, 1.82) is 0 Å². The number of hydrazone groups is 1. The lowest BCUT2D eigenvalue weighted by Gasteiger charge is -2.11. The Hall–Kier alpha value is -3.13. The van der Waals surface area contributed by atoms with E-state index in [0.29, 0.717) is 35.0 Å². The van der Waals surface area contributed by atoms with E-state index in [1.165, 1.54) is 6.07 Å². The van der Waals surface area contributed by atoms with Gasteiger partial charge in [0.25, 0.3) is 0 Å². The molecule has 0 aliphatic heterocycles. The van der Waals surface area contributed by atoms with Gasteiger partial charge in [-0.05, 0) is 61.5 Å². The van der Waals surface area contributed by atoms with Crippen molar-refractivity contribution >= 4 is 34.6 Å². The van der Waals surface area contributed by atoms with Gasteiger partial charge in [-0.25, -0.2) is 0 Å². The Labute approximate surface area is 176 Å². The summed E-state index contributed by atoms with van der Waals surface area (Å²) >= 11 is 5.24. The number of anilines is 1. The second-order valence-corrected chi connectivity index (χ2v) is 6.78. The minimum Gasteiger partial charge on any atom is -0.507 e. The summed E-state index contributed by atoms with van der Waals surface area (Å²) < 4.78 is 5.13. The van der Waals surface area contributed by atoms with Crippen LogP contribution in [0.3, 0.4) is 0 Å².